The summed E-state index contributed by atoms with van der Waals surface area (Å²) >= 11 is 3.45. The number of esters is 2. The molecule has 0 saturated carbocycles. The summed E-state index contributed by atoms with van der Waals surface area (Å²) in [5, 5.41) is 0. The van der Waals surface area contributed by atoms with Crippen molar-refractivity contribution >= 4 is 51.1 Å². The van der Waals surface area contributed by atoms with Crippen LogP contribution in [0, 0.1) is 11.8 Å². The lowest BCUT2D eigenvalue weighted by molar-refractivity contribution is -0.870. The number of carbonyl (C=O) groups is 2. The van der Waals surface area contributed by atoms with E-state index in [4.69, 9.17) is 27.6 Å². The molecule has 2 N–H and O–H groups in total. The third kappa shape index (κ3) is 26.2. The fraction of sp³-hybridized carbons (Fsp3) is 0.818. The van der Waals surface area contributed by atoms with Crippen molar-refractivity contribution in [2.45, 2.75) is 104 Å². The van der Waals surface area contributed by atoms with Crippen molar-refractivity contribution in [2.75, 3.05) is 118 Å². The minimum Gasteiger partial charge on any atom is -0.463 e. The minimum atomic E-state index is -4.20. The summed E-state index contributed by atoms with van der Waals surface area (Å²) in [6, 6.07) is 7.13. The molecule has 1 rings (SSSR count). The number of benzene rings is 1. The number of hydrogen-bond donors (Lipinski definition) is 2. The van der Waals surface area contributed by atoms with Gasteiger partial charge in [0.15, 0.2) is 0 Å². The zero-order valence-corrected chi connectivity index (χ0v) is 44.2. The molecule has 62 heavy (non-hydrogen) atoms. The van der Waals surface area contributed by atoms with Gasteiger partial charge in [0, 0.05) is 11.5 Å². The molecule has 0 radical (unpaired) electrons. The van der Waals surface area contributed by atoms with Crippen LogP contribution in [0.3, 0.4) is 0 Å². The number of nitrogens with zero attached hydrogens (tertiary/aromatic N) is 2. The number of phosphoric ester groups is 2. The van der Waals surface area contributed by atoms with Gasteiger partial charge in [0.25, 0.3) is 0 Å². The summed E-state index contributed by atoms with van der Waals surface area (Å²) in [5.41, 5.74) is 3.80. The van der Waals surface area contributed by atoms with E-state index in [1.807, 2.05) is 56.1 Å². The highest BCUT2D eigenvalue weighted by molar-refractivity contribution is 7.99. The fourth-order valence-corrected chi connectivity index (χ4v) is 9.22. The highest BCUT2D eigenvalue weighted by Crippen LogP contribution is 2.44. The largest absolute Gasteiger partial charge is 0.472 e. The Morgan fingerprint density at radius 1 is 0.581 bits per heavy atom. The van der Waals surface area contributed by atoms with Crippen LogP contribution in [0.1, 0.15) is 105 Å². The third-order valence-electron chi connectivity index (χ3n) is 10.3. The molecular weight excluding hydrogens is 875 g/mol. The molecule has 4 unspecified atom stereocenters. The van der Waals surface area contributed by atoms with E-state index in [0.29, 0.717) is 33.6 Å². The fourth-order valence-electron chi connectivity index (χ4n) is 5.83. The van der Waals surface area contributed by atoms with E-state index >= 15 is 0 Å². The number of quaternary nitrogens is 2. The highest BCUT2D eigenvalue weighted by Gasteiger charge is 2.29. The van der Waals surface area contributed by atoms with E-state index in [1.54, 1.807) is 23.5 Å². The van der Waals surface area contributed by atoms with E-state index < -0.39 is 15.6 Å². The topological polar surface area (TPSA) is 164 Å². The SMILES string of the molecule is CC(CSCCCC(C)(C)c1cc(C(C)(C)C)cc(C(C)(C)CCCSCC(C)C(=O)OCCOP(=O)(O)OCC[N+](C)(C)C)c1)C(=O)OCCOP(=O)(O)OCC[N+](C)(C)C. The molecular formula is C44H84N2O12P2S2+2. The second-order valence-corrected chi connectivity index (χ2v) is 25.8. The Labute approximate surface area is 383 Å². The molecule has 0 amide bonds. The number of thioether (sulfide) groups is 2. The summed E-state index contributed by atoms with van der Waals surface area (Å²) in [4.78, 5) is 44.8. The predicted molar refractivity (Wildman–Crippen MR) is 254 cm³/mol. The van der Waals surface area contributed by atoms with Crippen LogP contribution in [0.15, 0.2) is 18.2 Å². The van der Waals surface area contributed by atoms with Gasteiger partial charge in [-0.05, 0) is 70.1 Å². The monoisotopic (exact) mass is 958 g/mol. The van der Waals surface area contributed by atoms with Gasteiger partial charge in [-0.15, -0.1) is 0 Å². The van der Waals surface area contributed by atoms with Crippen molar-refractivity contribution in [2.24, 2.45) is 11.8 Å². The molecule has 0 fully saturated rings. The van der Waals surface area contributed by atoms with Gasteiger partial charge in [0.05, 0.1) is 67.3 Å². The molecule has 0 aromatic heterocycles. The van der Waals surface area contributed by atoms with Gasteiger partial charge in [-0.1, -0.05) is 80.5 Å². The Hall–Kier alpha value is -1.00. The maximum atomic E-state index is 12.5. The van der Waals surface area contributed by atoms with E-state index in [1.165, 1.54) is 16.7 Å². The third-order valence-corrected chi connectivity index (χ3v) is 14.9. The van der Waals surface area contributed by atoms with Gasteiger partial charge >= 0.3 is 27.6 Å². The van der Waals surface area contributed by atoms with E-state index in [2.05, 4.69) is 66.7 Å². The van der Waals surface area contributed by atoms with Crippen LogP contribution in [-0.4, -0.2) is 149 Å². The van der Waals surface area contributed by atoms with Crippen LogP contribution >= 0.6 is 39.2 Å². The maximum absolute atomic E-state index is 12.5. The summed E-state index contributed by atoms with van der Waals surface area (Å²) in [5.74, 6) is 1.67. The molecule has 0 heterocycles. The quantitative estimate of drug-likeness (QED) is 0.0305. The Morgan fingerprint density at radius 3 is 1.23 bits per heavy atom. The van der Waals surface area contributed by atoms with Crippen molar-refractivity contribution in [1.82, 2.24) is 0 Å². The number of rotatable bonds is 32. The van der Waals surface area contributed by atoms with E-state index in [0.717, 1.165) is 37.2 Å². The first kappa shape index (κ1) is 59.0. The maximum Gasteiger partial charge on any atom is 0.472 e. The second-order valence-electron chi connectivity index (χ2n) is 20.6. The predicted octanol–water partition coefficient (Wildman–Crippen LogP) is 8.60. The number of hydrogen-bond acceptors (Lipinski definition) is 12. The normalized spacial score (nSPS) is 16.0. The summed E-state index contributed by atoms with van der Waals surface area (Å²) in [6.45, 7) is 20.2. The lowest BCUT2D eigenvalue weighted by atomic mass is 9.72. The molecule has 1 aromatic carbocycles. The van der Waals surface area contributed by atoms with E-state index in [-0.39, 0.29) is 79.7 Å². The smallest absolute Gasteiger partial charge is 0.463 e. The van der Waals surface area contributed by atoms with Crippen LogP contribution in [0.4, 0.5) is 0 Å². The molecule has 4 atom stereocenters. The van der Waals surface area contributed by atoms with Crippen LogP contribution in [-0.2, 0) is 62.5 Å². The molecule has 0 spiro atoms. The summed E-state index contributed by atoms with van der Waals surface area (Å²) < 4.78 is 55.7. The first-order valence-corrected chi connectivity index (χ1v) is 27.1. The summed E-state index contributed by atoms with van der Waals surface area (Å²) in [6.07, 6.45) is 3.94. The molecule has 0 saturated heterocycles. The molecule has 14 nitrogen and oxygen atoms in total. The van der Waals surface area contributed by atoms with Gasteiger partial charge in [-0.3, -0.25) is 27.7 Å². The Bertz CT molecular complexity index is 1500. The summed E-state index contributed by atoms with van der Waals surface area (Å²) in [7, 11) is 3.30. The minimum absolute atomic E-state index is 0.0234. The molecule has 1 aromatic rings. The molecule has 0 bridgehead atoms. The van der Waals surface area contributed by atoms with Crippen molar-refractivity contribution in [3.05, 3.63) is 34.9 Å². The lowest BCUT2D eigenvalue weighted by Crippen LogP contribution is -2.37. The van der Waals surface area contributed by atoms with Gasteiger partial charge in [0.1, 0.15) is 39.5 Å². The van der Waals surface area contributed by atoms with Gasteiger partial charge in [-0.2, -0.15) is 23.5 Å². The van der Waals surface area contributed by atoms with Crippen LogP contribution < -0.4 is 0 Å². The van der Waals surface area contributed by atoms with Gasteiger partial charge in [-0.25, -0.2) is 9.13 Å². The van der Waals surface area contributed by atoms with Crippen LogP contribution in [0.5, 0.6) is 0 Å². The lowest BCUT2D eigenvalue weighted by Gasteiger charge is -2.33. The van der Waals surface area contributed by atoms with Crippen molar-refractivity contribution in [1.29, 1.82) is 0 Å². The average molecular weight is 959 g/mol. The molecule has 0 aliphatic rings. The Kier molecular flexibility index (Phi) is 25.1. The Morgan fingerprint density at radius 2 is 0.903 bits per heavy atom. The molecule has 362 valence electrons. The number of carbonyl (C=O) groups excluding carboxylic acids is 2. The molecule has 18 heteroatoms. The first-order valence-electron chi connectivity index (χ1n) is 21.8. The average Bonchev–Trinajstić information content (AvgIpc) is 3.12. The van der Waals surface area contributed by atoms with Crippen LogP contribution in [0.2, 0.25) is 0 Å². The number of likely N-dealkylation sites (N-methyl/N-ethyl adjacent to an activating group) is 2. The second kappa shape index (κ2) is 26.4. The first-order chi connectivity index (χ1) is 28.3. The van der Waals surface area contributed by atoms with Crippen molar-refractivity contribution in [3.63, 3.8) is 0 Å². The zero-order valence-electron chi connectivity index (χ0n) is 40.8. The highest BCUT2D eigenvalue weighted by atomic mass is 32.2. The molecule has 0 aliphatic carbocycles. The van der Waals surface area contributed by atoms with Crippen molar-refractivity contribution < 1.29 is 65.0 Å². The van der Waals surface area contributed by atoms with Crippen LogP contribution in [0.25, 0.3) is 0 Å². The van der Waals surface area contributed by atoms with Gasteiger partial charge < -0.3 is 28.2 Å². The van der Waals surface area contributed by atoms with E-state index in [9.17, 15) is 28.5 Å². The number of ether oxygens (including phenoxy) is 2. The zero-order chi connectivity index (χ0) is 47.6. The van der Waals surface area contributed by atoms with Crippen molar-refractivity contribution in [3.8, 4) is 0 Å². The standard InChI is InChI=1S/C44H82N2O12P2S2/c1-35(40(47)53-24-26-57-59(49,50)55-22-20-45(10,11)12)33-61-28-16-18-43(6,7)38-30-37(42(3,4)5)31-39(32-38)44(8,9)19-17-29-62-34-36(2)41(48)54-25-27-58-60(51,52)56-23-21-46(13,14)15/h30-32,35-36H,16-29,33-34H2,1-15H3/p+2. The Balaban J connectivity index is 2.59. The number of phosphoric acid groups is 2. The van der Waals surface area contributed by atoms with Gasteiger partial charge in [0.2, 0.25) is 0 Å². The molecule has 0 aliphatic heterocycles.